The van der Waals surface area contributed by atoms with Gasteiger partial charge >= 0.3 is 0 Å². The first-order chi connectivity index (χ1) is 10.3. The molecule has 122 valence electrons. The lowest BCUT2D eigenvalue weighted by molar-refractivity contribution is -0.0123. The highest BCUT2D eigenvalue weighted by molar-refractivity contribution is 5.00. The lowest BCUT2D eigenvalue weighted by atomic mass is 9.77. The highest BCUT2D eigenvalue weighted by atomic mass is 15.3. The minimum atomic E-state index is 0.533. The maximum atomic E-state index is 3.72. The van der Waals surface area contributed by atoms with Crippen LogP contribution in [0.5, 0.6) is 0 Å². The van der Waals surface area contributed by atoms with Crippen molar-refractivity contribution >= 4 is 0 Å². The Bertz CT molecular complexity index is 300. The zero-order chi connectivity index (χ0) is 14.5. The van der Waals surface area contributed by atoms with Crippen LogP contribution in [0.15, 0.2) is 0 Å². The molecule has 3 fully saturated rings. The van der Waals surface area contributed by atoms with E-state index in [4.69, 9.17) is 0 Å². The first-order valence-electron chi connectivity index (χ1n) is 9.81. The third-order valence-electron chi connectivity index (χ3n) is 6.57. The summed E-state index contributed by atoms with van der Waals surface area (Å²) in [5, 5.41) is 3.72. The van der Waals surface area contributed by atoms with E-state index < -0.39 is 0 Å². The van der Waals surface area contributed by atoms with E-state index in [1.807, 2.05) is 0 Å². The van der Waals surface area contributed by atoms with Crippen molar-refractivity contribution in [3.05, 3.63) is 0 Å². The zero-order valence-corrected chi connectivity index (χ0v) is 14.2. The van der Waals surface area contributed by atoms with Crippen molar-refractivity contribution in [3.63, 3.8) is 0 Å². The molecule has 2 nitrogen and oxygen atoms in total. The number of nitrogens with zero attached hydrogens (tertiary/aromatic N) is 1. The Balaban J connectivity index is 1.65. The fourth-order valence-corrected chi connectivity index (χ4v) is 5.47. The summed E-state index contributed by atoms with van der Waals surface area (Å²) < 4.78 is 0. The van der Waals surface area contributed by atoms with Gasteiger partial charge in [0, 0.05) is 31.2 Å². The summed E-state index contributed by atoms with van der Waals surface area (Å²) in [6, 6.07) is 0.895. The van der Waals surface area contributed by atoms with E-state index in [0.717, 1.165) is 12.0 Å². The maximum absolute atomic E-state index is 3.72. The fraction of sp³-hybridized carbons (Fsp3) is 1.00. The molecule has 1 heterocycles. The summed E-state index contributed by atoms with van der Waals surface area (Å²) in [6.07, 6.45) is 17.6. The van der Waals surface area contributed by atoms with Crippen LogP contribution in [-0.4, -0.2) is 36.1 Å². The Labute approximate surface area is 132 Å². The Kier molecular flexibility index (Phi) is 5.61. The molecule has 1 spiro atoms. The SMILES string of the molecule is CCCC1CCCC(N2CCNCC23CCCCC3)CC1. The van der Waals surface area contributed by atoms with Gasteiger partial charge in [0.25, 0.3) is 0 Å². The summed E-state index contributed by atoms with van der Waals surface area (Å²) in [7, 11) is 0. The first kappa shape index (κ1) is 15.8. The van der Waals surface area contributed by atoms with Gasteiger partial charge in [0.15, 0.2) is 0 Å². The molecule has 2 heteroatoms. The lowest BCUT2D eigenvalue weighted by Crippen LogP contribution is -2.64. The number of rotatable bonds is 3. The minimum Gasteiger partial charge on any atom is -0.314 e. The number of nitrogens with one attached hydrogen (secondary N) is 1. The largest absolute Gasteiger partial charge is 0.314 e. The molecule has 0 radical (unpaired) electrons. The molecule has 21 heavy (non-hydrogen) atoms. The van der Waals surface area contributed by atoms with Gasteiger partial charge in [-0.2, -0.15) is 0 Å². The lowest BCUT2D eigenvalue weighted by Gasteiger charge is -2.53. The second-order valence-corrected chi connectivity index (χ2v) is 7.97. The number of piperazine rings is 1. The van der Waals surface area contributed by atoms with Crippen LogP contribution in [0.1, 0.15) is 84.0 Å². The van der Waals surface area contributed by atoms with Crippen LogP contribution in [-0.2, 0) is 0 Å². The van der Waals surface area contributed by atoms with Crippen molar-refractivity contribution in [2.75, 3.05) is 19.6 Å². The molecule has 2 unspecified atom stereocenters. The van der Waals surface area contributed by atoms with Crippen LogP contribution in [0.2, 0.25) is 0 Å². The van der Waals surface area contributed by atoms with E-state index in [-0.39, 0.29) is 0 Å². The topological polar surface area (TPSA) is 15.3 Å². The summed E-state index contributed by atoms with van der Waals surface area (Å²) in [4.78, 5) is 3.00. The molecule has 1 saturated heterocycles. The molecule has 2 aliphatic carbocycles. The van der Waals surface area contributed by atoms with Crippen LogP contribution < -0.4 is 5.32 Å². The molecule has 0 bridgehead atoms. The highest BCUT2D eigenvalue weighted by Crippen LogP contribution is 2.39. The summed E-state index contributed by atoms with van der Waals surface area (Å²) in [5.41, 5.74) is 0.533. The van der Waals surface area contributed by atoms with Crippen molar-refractivity contribution in [3.8, 4) is 0 Å². The molecule has 2 saturated carbocycles. The third kappa shape index (κ3) is 3.64. The van der Waals surface area contributed by atoms with Crippen molar-refractivity contribution in [2.24, 2.45) is 5.92 Å². The molecule has 0 aromatic heterocycles. The highest BCUT2D eigenvalue weighted by Gasteiger charge is 2.42. The maximum Gasteiger partial charge on any atom is 0.0337 e. The summed E-state index contributed by atoms with van der Waals surface area (Å²) in [6.45, 7) is 6.15. The molecular weight excluding hydrogens is 256 g/mol. The second-order valence-electron chi connectivity index (χ2n) is 7.97. The average molecular weight is 293 g/mol. The number of hydrogen-bond acceptors (Lipinski definition) is 2. The van der Waals surface area contributed by atoms with E-state index in [2.05, 4.69) is 17.1 Å². The molecule has 0 aromatic carbocycles. The number of hydrogen-bond donors (Lipinski definition) is 1. The van der Waals surface area contributed by atoms with Gasteiger partial charge in [0.2, 0.25) is 0 Å². The molecule has 0 amide bonds. The zero-order valence-electron chi connectivity index (χ0n) is 14.2. The van der Waals surface area contributed by atoms with Crippen molar-refractivity contribution in [2.45, 2.75) is 95.6 Å². The van der Waals surface area contributed by atoms with Crippen LogP contribution in [0.25, 0.3) is 0 Å². The normalized spacial score (nSPS) is 34.7. The van der Waals surface area contributed by atoms with Gasteiger partial charge in [-0.3, -0.25) is 4.90 Å². The molecular formula is C19H36N2. The Hall–Kier alpha value is -0.0800. The molecule has 1 N–H and O–H groups in total. The minimum absolute atomic E-state index is 0.533. The van der Waals surface area contributed by atoms with Gasteiger partial charge in [0.1, 0.15) is 0 Å². The van der Waals surface area contributed by atoms with Crippen LogP contribution in [0, 0.1) is 5.92 Å². The second kappa shape index (κ2) is 7.46. The van der Waals surface area contributed by atoms with Gasteiger partial charge < -0.3 is 5.32 Å². The van der Waals surface area contributed by atoms with E-state index >= 15 is 0 Å². The first-order valence-corrected chi connectivity index (χ1v) is 9.81. The van der Waals surface area contributed by atoms with E-state index in [9.17, 15) is 0 Å². The van der Waals surface area contributed by atoms with Gasteiger partial charge in [-0.1, -0.05) is 51.9 Å². The fourth-order valence-electron chi connectivity index (χ4n) is 5.47. The predicted molar refractivity (Wildman–Crippen MR) is 90.7 cm³/mol. The molecule has 3 rings (SSSR count). The van der Waals surface area contributed by atoms with Gasteiger partial charge in [-0.15, -0.1) is 0 Å². The van der Waals surface area contributed by atoms with Crippen molar-refractivity contribution in [1.82, 2.24) is 10.2 Å². The molecule has 0 aromatic rings. The Morgan fingerprint density at radius 3 is 2.67 bits per heavy atom. The standard InChI is InChI=1S/C19H36N2/c1-2-7-17-8-6-9-18(11-10-17)21-15-14-20-16-19(21)12-4-3-5-13-19/h17-18,20H,2-16H2,1H3. The Morgan fingerprint density at radius 2 is 1.86 bits per heavy atom. The van der Waals surface area contributed by atoms with E-state index in [1.165, 1.54) is 96.7 Å². The smallest absolute Gasteiger partial charge is 0.0337 e. The van der Waals surface area contributed by atoms with Gasteiger partial charge in [-0.25, -0.2) is 0 Å². The Morgan fingerprint density at radius 1 is 1.00 bits per heavy atom. The van der Waals surface area contributed by atoms with Crippen LogP contribution >= 0.6 is 0 Å². The summed E-state index contributed by atoms with van der Waals surface area (Å²) >= 11 is 0. The predicted octanol–water partition coefficient (Wildman–Crippen LogP) is 4.34. The van der Waals surface area contributed by atoms with Crippen molar-refractivity contribution < 1.29 is 0 Å². The quantitative estimate of drug-likeness (QED) is 0.778. The van der Waals surface area contributed by atoms with Crippen molar-refractivity contribution in [1.29, 1.82) is 0 Å². The van der Waals surface area contributed by atoms with E-state index in [0.29, 0.717) is 5.54 Å². The van der Waals surface area contributed by atoms with Crippen LogP contribution in [0.4, 0.5) is 0 Å². The monoisotopic (exact) mass is 292 g/mol. The molecule has 1 aliphatic heterocycles. The van der Waals surface area contributed by atoms with Crippen LogP contribution in [0.3, 0.4) is 0 Å². The third-order valence-corrected chi connectivity index (χ3v) is 6.57. The average Bonchev–Trinajstić information content (AvgIpc) is 2.75. The van der Waals surface area contributed by atoms with E-state index in [1.54, 1.807) is 0 Å². The molecule has 2 atom stereocenters. The summed E-state index contributed by atoms with van der Waals surface area (Å²) in [5.74, 6) is 1.03. The molecule has 3 aliphatic rings. The van der Waals surface area contributed by atoms with Gasteiger partial charge in [0.05, 0.1) is 0 Å². The van der Waals surface area contributed by atoms with Gasteiger partial charge in [-0.05, 0) is 38.0 Å².